The molecule has 0 atom stereocenters. The molecule has 0 saturated heterocycles. The molecule has 0 heterocycles. The lowest BCUT2D eigenvalue weighted by Gasteiger charge is -2.29. The van der Waals surface area contributed by atoms with E-state index in [4.69, 9.17) is 0 Å². The van der Waals surface area contributed by atoms with Crippen molar-refractivity contribution in [2.45, 2.75) is 51.1 Å². The summed E-state index contributed by atoms with van der Waals surface area (Å²) in [5.74, 6) is -1.09. The Kier molecular flexibility index (Phi) is 4.16. The normalized spacial score (nSPS) is 20.1. The van der Waals surface area contributed by atoms with E-state index in [0.29, 0.717) is 12.8 Å². The molecular weight excluding hydrogens is 244 g/mol. The quantitative estimate of drug-likeness (QED) is 0.759. The zero-order valence-electron chi connectivity index (χ0n) is 10.4. The molecule has 1 aliphatic rings. The Labute approximate surface area is 102 Å². The number of nitrogens with zero attached hydrogens (tertiary/aromatic N) is 1. The average Bonchev–Trinajstić information content (AvgIpc) is 2.65. The lowest BCUT2D eigenvalue weighted by molar-refractivity contribution is -0.143. The number of carboxylic acids is 1. The minimum absolute atomic E-state index is 0.209. The molecule has 17 heavy (non-hydrogen) atoms. The molecule has 7 heteroatoms. The van der Waals surface area contributed by atoms with Gasteiger partial charge in [0.05, 0.1) is 0 Å². The summed E-state index contributed by atoms with van der Waals surface area (Å²) in [6.07, 6.45) is 2.18. The highest BCUT2D eigenvalue weighted by Gasteiger charge is 2.45. The lowest BCUT2D eigenvalue weighted by atomic mass is 10.0. The maximum absolute atomic E-state index is 12.0. The Morgan fingerprint density at radius 3 is 2.18 bits per heavy atom. The van der Waals surface area contributed by atoms with Gasteiger partial charge in [0.25, 0.3) is 10.2 Å². The molecule has 0 unspecified atom stereocenters. The molecule has 1 rings (SSSR count). The summed E-state index contributed by atoms with van der Waals surface area (Å²) >= 11 is 0. The van der Waals surface area contributed by atoms with Crippen LogP contribution in [0.2, 0.25) is 0 Å². The van der Waals surface area contributed by atoms with Crippen LogP contribution in [0.3, 0.4) is 0 Å². The van der Waals surface area contributed by atoms with Crippen LogP contribution in [0, 0.1) is 0 Å². The highest BCUT2D eigenvalue weighted by Crippen LogP contribution is 2.31. The Hall–Kier alpha value is -0.660. The number of carboxylic acid groups (broad SMARTS) is 1. The second-order valence-electron chi connectivity index (χ2n) is 4.81. The molecule has 0 aliphatic heterocycles. The van der Waals surface area contributed by atoms with E-state index in [2.05, 4.69) is 4.72 Å². The fourth-order valence-corrected chi connectivity index (χ4v) is 3.42. The smallest absolute Gasteiger partial charge is 0.324 e. The molecule has 0 spiro atoms. The van der Waals surface area contributed by atoms with Crippen LogP contribution in [0.15, 0.2) is 0 Å². The number of hydrogen-bond acceptors (Lipinski definition) is 3. The molecule has 0 aromatic rings. The van der Waals surface area contributed by atoms with Crippen molar-refractivity contribution in [3.63, 3.8) is 0 Å². The second kappa shape index (κ2) is 4.91. The largest absolute Gasteiger partial charge is 0.480 e. The zero-order chi connectivity index (χ0) is 13.3. The van der Waals surface area contributed by atoms with Crippen LogP contribution >= 0.6 is 0 Å². The molecule has 1 fully saturated rings. The maximum atomic E-state index is 12.0. The highest BCUT2D eigenvalue weighted by molar-refractivity contribution is 7.87. The Morgan fingerprint density at radius 2 is 1.82 bits per heavy atom. The van der Waals surface area contributed by atoms with Crippen molar-refractivity contribution >= 4 is 16.2 Å². The van der Waals surface area contributed by atoms with E-state index >= 15 is 0 Å². The van der Waals surface area contributed by atoms with Crippen molar-refractivity contribution in [2.75, 3.05) is 7.05 Å². The van der Waals surface area contributed by atoms with Crippen molar-refractivity contribution in [2.24, 2.45) is 0 Å². The van der Waals surface area contributed by atoms with Gasteiger partial charge in [-0.15, -0.1) is 0 Å². The number of aliphatic carboxylic acids is 1. The molecule has 0 bridgehead atoms. The molecule has 2 N–H and O–H groups in total. The van der Waals surface area contributed by atoms with Gasteiger partial charge in [0.2, 0.25) is 0 Å². The number of hydrogen-bond donors (Lipinski definition) is 2. The minimum Gasteiger partial charge on any atom is -0.480 e. The Morgan fingerprint density at radius 1 is 1.35 bits per heavy atom. The van der Waals surface area contributed by atoms with Crippen LogP contribution in [-0.4, -0.2) is 42.4 Å². The van der Waals surface area contributed by atoms with Gasteiger partial charge in [0.15, 0.2) is 0 Å². The first-order chi connectivity index (χ1) is 7.71. The van der Waals surface area contributed by atoms with Gasteiger partial charge >= 0.3 is 5.97 Å². The molecular formula is C10H20N2O4S. The van der Waals surface area contributed by atoms with Crippen molar-refractivity contribution in [1.82, 2.24) is 9.03 Å². The van der Waals surface area contributed by atoms with Gasteiger partial charge < -0.3 is 5.11 Å². The van der Waals surface area contributed by atoms with Crippen LogP contribution in [0.4, 0.5) is 0 Å². The third kappa shape index (κ3) is 2.97. The molecule has 100 valence electrons. The van der Waals surface area contributed by atoms with Gasteiger partial charge in [0.1, 0.15) is 5.54 Å². The topological polar surface area (TPSA) is 86.7 Å². The summed E-state index contributed by atoms with van der Waals surface area (Å²) in [6.45, 7) is 3.47. The fraction of sp³-hybridized carbons (Fsp3) is 0.900. The summed E-state index contributed by atoms with van der Waals surface area (Å²) in [7, 11) is -2.30. The third-order valence-electron chi connectivity index (χ3n) is 3.30. The highest BCUT2D eigenvalue weighted by atomic mass is 32.2. The van der Waals surface area contributed by atoms with E-state index in [-0.39, 0.29) is 6.04 Å². The zero-order valence-corrected chi connectivity index (χ0v) is 11.2. The Bertz CT molecular complexity index is 385. The number of nitrogens with one attached hydrogen (secondary N) is 1. The molecule has 6 nitrogen and oxygen atoms in total. The van der Waals surface area contributed by atoms with E-state index in [9.17, 15) is 18.3 Å². The molecule has 0 radical (unpaired) electrons. The van der Waals surface area contributed by atoms with Crippen LogP contribution in [0.5, 0.6) is 0 Å². The number of rotatable bonds is 5. The van der Waals surface area contributed by atoms with Crippen molar-refractivity contribution in [1.29, 1.82) is 0 Å². The fourth-order valence-electron chi connectivity index (χ4n) is 1.93. The number of carbonyl (C=O) groups is 1. The van der Waals surface area contributed by atoms with Crippen LogP contribution in [-0.2, 0) is 15.0 Å². The first kappa shape index (κ1) is 14.4. The molecule has 1 aliphatic carbocycles. The predicted octanol–water partition coefficient (Wildman–Crippen LogP) is 0.558. The van der Waals surface area contributed by atoms with Crippen molar-refractivity contribution in [3.8, 4) is 0 Å². The first-order valence-electron chi connectivity index (χ1n) is 5.71. The van der Waals surface area contributed by atoms with Gasteiger partial charge in [-0.2, -0.15) is 17.4 Å². The standard InChI is InChI=1S/C10H20N2O4S/c1-8(2)12(3)17(15,16)11-10(9(13)14)6-4-5-7-10/h8,11H,4-7H2,1-3H3,(H,13,14). The first-order valence-corrected chi connectivity index (χ1v) is 7.16. The average molecular weight is 264 g/mol. The van der Waals surface area contributed by atoms with Crippen LogP contribution in [0.1, 0.15) is 39.5 Å². The van der Waals surface area contributed by atoms with E-state index in [1.165, 1.54) is 7.05 Å². The monoisotopic (exact) mass is 264 g/mol. The van der Waals surface area contributed by atoms with Crippen molar-refractivity contribution in [3.05, 3.63) is 0 Å². The Balaban J connectivity index is 2.92. The van der Waals surface area contributed by atoms with Gasteiger partial charge in [-0.3, -0.25) is 4.79 Å². The summed E-state index contributed by atoms with van der Waals surface area (Å²) in [4.78, 5) is 11.2. The third-order valence-corrected chi connectivity index (χ3v) is 5.13. The van der Waals surface area contributed by atoms with Gasteiger partial charge in [0, 0.05) is 13.1 Å². The predicted molar refractivity (Wildman–Crippen MR) is 63.8 cm³/mol. The van der Waals surface area contributed by atoms with E-state index in [0.717, 1.165) is 17.1 Å². The van der Waals surface area contributed by atoms with E-state index < -0.39 is 21.7 Å². The summed E-state index contributed by atoms with van der Waals surface area (Å²) < 4.78 is 27.5. The molecule has 1 saturated carbocycles. The lowest BCUT2D eigenvalue weighted by Crippen LogP contribution is -2.56. The van der Waals surface area contributed by atoms with Gasteiger partial charge in [-0.1, -0.05) is 12.8 Å². The SMILES string of the molecule is CC(C)N(C)S(=O)(=O)NC1(C(=O)O)CCCC1. The second-order valence-corrected chi connectivity index (χ2v) is 6.54. The molecule has 0 aromatic carbocycles. The van der Waals surface area contributed by atoms with Gasteiger partial charge in [-0.25, -0.2) is 0 Å². The summed E-state index contributed by atoms with van der Waals surface area (Å²) in [5.41, 5.74) is -1.32. The van der Waals surface area contributed by atoms with Gasteiger partial charge in [-0.05, 0) is 26.7 Å². The maximum Gasteiger partial charge on any atom is 0.324 e. The molecule has 0 amide bonds. The minimum atomic E-state index is -3.74. The van der Waals surface area contributed by atoms with Crippen LogP contribution < -0.4 is 4.72 Å². The van der Waals surface area contributed by atoms with Crippen LogP contribution in [0.25, 0.3) is 0 Å². The summed E-state index contributed by atoms with van der Waals surface area (Å²) in [5, 5.41) is 9.20. The van der Waals surface area contributed by atoms with E-state index in [1.54, 1.807) is 13.8 Å². The van der Waals surface area contributed by atoms with Crippen molar-refractivity contribution < 1.29 is 18.3 Å². The molecule has 0 aromatic heterocycles. The summed E-state index contributed by atoms with van der Waals surface area (Å²) in [6, 6.07) is -0.209. The van der Waals surface area contributed by atoms with E-state index in [1.807, 2.05) is 0 Å².